The number of methoxy groups -OCH3 is 1. The van der Waals surface area contributed by atoms with Gasteiger partial charge in [0.05, 0.1) is 19.0 Å². The van der Waals surface area contributed by atoms with E-state index in [9.17, 15) is 9.59 Å². The van der Waals surface area contributed by atoms with Crippen molar-refractivity contribution < 1.29 is 19.1 Å². The summed E-state index contributed by atoms with van der Waals surface area (Å²) in [5.74, 6) is -0.630. The lowest BCUT2D eigenvalue weighted by Crippen LogP contribution is -2.42. The summed E-state index contributed by atoms with van der Waals surface area (Å²) in [6.07, 6.45) is 1.48. The number of ether oxygens (including phenoxy) is 2. The maximum absolute atomic E-state index is 12.8. The number of amides is 1. The number of nitrogens with zero attached hydrogens (tertiary/aromatic N) is 3. The molecule has 0 bridgehead atoms. The van der Waals surface area contributed by atoms with Gasteiger partial charge in [-0.1, -0.05) is 42.5 Å². The fraction of sp³-hybridized carbons (Fsp3) is 0.261. The van der Waals surface area contributed by atoms with Crippen molar-refractivity contribution in [3.05, 3.63) is 77.6 Å². The van der Waals surface area contributed by atoms with Crippen LogP contribution >= 0.6 is 0 Å². The van der Waals surface area contributed by atoms with Crippen molar-refractivity contribution in [3.8, 4) is 11.4 Å². The molecule has 1 aliphatic heterocycles. The Labute approximate surface area is 174 Å². The smallest absolute Gasteiger partial charge is 0.363 e. The molecule has 0 spiro atoms. The maximum Gasteiger partial charge on any atom is 0.363 e. The summed E-state index contributed by atoms with van der Waals surface area (Å²) in [6.45, 7) is 2.70. The molecule has 0 saturated carbocycles. The van der Waals surface area contributed by atoms with Gasteiger partial charge in [-0.25, -0.2) is 9.48 Å². The number of carbonyl (C=O) groups excluding carboxylic acids is 2. The van der Waals surface area contributed by atoms with Crippen LogP contribution in [0.5, 0.6) is 5.75 Å². The van der Waals surface area contributed by atoms with Gasteiger partial charge < -0.3 is 14.4 Å². The fourth-order valence-corrected chi connectivity index (χ4v) is 3.57. The summed E-state index contributed by atoms with van der Waals surface area (Å²) in [5, 5.41) is 4.30. The van der Waals surface area contributed by atoms with Gasteiger partial charge in [0.2, 0.25) is 5.69 Å². The lowest BCUT2D eigenvalue weighted by atomic mass is 9.99. The maximum atomic E-state index is 12.8. The molecule has 1 amide bonds. The molecule has 4 rings (SSSR count). The molecule has 0 aliphatic carbocycles. The minimum absolute atomic E-state index is 0.0324. The molecule has 0 unspecified atom stereocenters. The van der Waals surface area contributed by atoms with Gasteiger partial charge in [-0.3, -0.25) is 4.79 Å². The lowest BCUT2D eigenvalue weighted by Gasteiger charge is -2.30. The highest BCUT2D eigenvalue weighted by atomic mass is 16.6. The molecule has 0 saturated heterocycles. The molecule has 2 heterocycles. The third-order valence-electron chi connectivity index (χ3n) is 5.19. The SMILES string of the molecule is COc1cn(-c2ccccc2)nc1C(=O)O[C@H](C)C(=O)N1CCc2ccccc2C1. The first-order valence-electron chi connectivity index (χ1n) is 9.82. The Kier molecular flexibility index (Phi) is 5.52. The predicted octanol–water partition coefficient (Wildman–Crippen LogP) is 3.01. The number of esters is 1. The van der Waals surface area contributed by atoms with Crippen molar-refractivity contribution in [2.45, 2.75) is 26.0 Å². The van der Waals surface area contributed by atoms with Gasteiger partial charge in [-0.05, 0) is 36.6 Å². The van der Waals surface area contributed by atoms with Crippen LogP contribution in [0.1, 0.15) is 28.5 Å². The zero-order chi connectivity index (χ0) is 21.1. The average molecular weight is 405 g/mol. The zero-order valence-corrected chi connectivity index (χ0v) is 16.9. The molecular weight excluding hydrogens is 382 g/mol. The number of fused-ring (bicyclic) bond motifs is 1. The molecule has 0 fully saturated rings. The zero-order valence-electron chi connectivity index (χ0n) is 16.9. The number of benzene rings is 2. The van der Waals surface area contributed by atoms with E-state index in [0.717, 1.165) is 17.7 Å². The monoisotopic (exact) mass is 405 g/mol. The molecule has 1 aromatic heterocycles. The second-order valence-corrected chi connectivity index (χ2v) is 7.15. The lowest BCUT2D eigenvalue weighted by molar-refractivity contribution is -0.140. The molecule has 3 aromatic rings. The first-order chi connectivity index (χ1) is 14.6. The number of hydrogen-bond acceptors (Lipinski definition) is 5. The fourth-order valence-electron chi connectivity index (χ4n) is 3.57. The topological polar surface area (TPSA) is 73.7 Å². The molecule has 2 aromatic carbocycles. The van der Waals surface area contributed by atoms with Gasteiger partial charge >= 0.3 is 5.97 Å². The van der Waals surface area contributed by atoms with Crippen molar-refractivity contribution in [1.29, 1.82) is 0 Å². The van der Waals surface area contributed by atoms with Gasteiger partial charge in [0.1, 0.15) is 0 Å². The molecule has 154 valence electrons. The molecule has 1 aliphatic rings. The second-order valence-electron chi connectivity index (χ2n) is 7.15. The Morgan fingerprint density at radius 2 is 1.73 bits per heavy atom. The average Bonchev–Trinajstić information content (AvgIpc) is 3.23. The molecule has 7 heteroatoms. The van der Waals surface area contributed by atoms with E-state index >= 15 is 0 Å². The van der Waals surface area contributed by atoms with Crippen molar-refractivity contribution in [3.63, 3.8) is 0 Å². The summed E-state index contributed by atoms with van der Waals surface area (Å²) >= 11 is 0. The van der Waals surface area contributed by atoms with Crippen molar-refractivity contribution in [2.75, 3.05) is 13.7 Å². The van der Waals surface area contributed by atoms with E-state index in [1.165, 1.54) is 12.7 Å². The Balaban J connectivity index is 1.46. The van der Waals surface area contributed by atoms with E-state index in [1.54, 1.807) is 22.7 Å². The van der Waals surface area contributed by atoms with Crippen LogP contribution < -0.4 is 4.74 Å². The molecule has 0 N–H and O–H groups in total. The molecule has 30 heavy (non-hydrogen) atoms. The first kappa shape index (κ1) is 19.7. The minimum atomic E-state index is -0.922. The summed E-state index contributed by atoms with van der Waals surface area (Å²) in [5.41, 5.74) is 3.19. The van der Waals surface area contributed by atoms with E-state index in [0.29, 0.717) is 13.1 Å². The van der Waals surface area contributed by atoms with E-state index in [-0.39, 0.29) is 17.4 Å². The van der Waals surface area contributed by atoms with Crippen molar-refractivity contribution >= 4 is 11.9 Å². The van der Waals surface area contributed by atoms with Crippen LogP contribution in [0, 0.1) is 0 Å². The standard InChI is InChI=1S/C23H23N3O4/c1-16(22(27)25-13-12-17-8-6-7-9-18(17)14-25)30-23(28)21-20(29-2)15-26(24-21)19-10-4-3-5-11-19/h3-11,15-16H,12-14H2,1-2H3/t16-/m1/s1. The summed E-state index contributed by atoms with van der Waals surface area (Å²) in [4.78, 5) is 27.3. The van der Waals surface area contributed by atoms with Crippen LogP contribution in [0.15, 0.2) is 60.8 Å². The third kappa shape index (κ3) is 3.91. The van der Waals surface area contributed by atoms with E-state index in [4.69, 9.17) is 9.47 Å². The van der Waals surface area contributed by atoms with Crippen LogP contribution in [0.3, 0.4) is 0 Å². The quantitative estimate of drug-likeness (QED) is 0.610. The van der Waals surface area contributed by atoms with Crippen molar-refractivity contribution in [2.24, 2.45) is 0 Å². The number of aromatic nitrogens is 2. The van der Waals surface area contributed by atoms with Crippen molar-refractivity contribution in [1.82, 2.24) is 14.7 Å². The van der Waals surface area contributed by atoms with Gasteiger partial charge in [0.25, 0.3) is 5.91 Å². The second kappa shape index (κ2) is 8.41. The number of rotatable bonds is 5. The number of para-hydroxylation sites is 1. The Hall–Kier alpha value is -3.61. The van der Waals surface area contributed by atoms with Gasteiger partial charge in [-0.2, -0.15) is 5.10 Å². The Bertz CT molecular complexity index is 1060. The van der Waals surface area contributed by atoms with Crippen LogP contribution in [0.4, 0.5) is 0 Å². The number of carbonyl (C=O) groups is 2. The van der Waals surface area contributed by atoms with E-state index < -0.39 is 12.1 Å². The van der Waals surface area contributed by atoms with Crippen LogP contribution in [-0.4, -0.2) is 46.3 Å². The minimum Gasteiger partial charge on any atom is -0.493 e. The summed E-state index contributed by atoms with van der Waals surface area (Å²) in [6, 6.07) is 17.4. The van der Waals surface area contributed by atoms with Crippen LogP contribution in [0.2, 0.25) is 0 Å². The van der Waals surface area contributed by atoms with E-state index in [2.05, 4.69) is 11.2 Å². The van der Waals surface area contributed by atoms with Crippen LogP contribution in [0.25, 0.3) is 5.69 Å². The third-order valence-corrected chi connectivity index (χ3v) is 5.19. The van der Waals surface area contributed by atoms with E-state index in [1.807, 2.05) is 48.5 Å². The number of hydrogen-bond donors (Lipinski definition) is 0. The van der Waals surface area contributed by atoms with Gasteiger partial charge in [-0.15, -0.1) is 0 Å². The molecular formula is C23H23N3O4. The highest BCUT2D eigenvalue weighted by Gasteiger charge is 2.29. The molecule has 1 atom stereocenters. The highest BCUT2D eigenvalue weighted by molar-refractivity contribution is 5.93. The predicted molar refractivity (Wildman–Crippen MR) is 111 cm³/mol. The van der Waals surface area contributed by atoms with Gasteiger partial charge in [0.15, 0.2) is 11.9 Å². The highest BCUT2D eigenvalue weighted by Crippen LogP contribution is 2.22. The normalized spacial score (nSPS) is 14.0. The van der Waals surface area contributed by atoms with Crippen LogP contribution in [-0.2, 0) is 22.5 Å². The Morgan fingerprint density at radius 3 is 2.47 bits per heavy atom. The largest absolute Gasteiger partial charge is 0.493 e. The molecule has 0 radical (unpaired) electrons. The molecule has 7 nitrogen and oxygen atoms in total. The Morgan fingerprint density at radius 1 is 1.03 bits per heavy atom. The summed E-state index contributed by atoms with van der Waals surface area (Å²) in [7, 11) is 1.46. The summed E-state index contributed by atoms with van der Waals surface area (Å²) < 4.78 is 12.3. The first-order valence-corrected chi connectivity index (χ1v) is 9.82. The van der Waals surface area contributed by atoms with Gasteiger partial charge in [0, 0.05) is 13.1 Å².